The Balaban J connectivity index is 2.50. The molecular weight excluding hydrogens is 220 g/mol. The van der Waals surface area contributed by atoms with Crippen molar-refractivity contribution >= 4 is 16.8 Å². The number of methoxy groups -OCH3 is 1. The van der Waals surface area contributed by atoms with E-state index in [0.29, 0.717) is 0 Å². The largest absolute Gasteiger partial charge is 0.377 e. The quantitative estimate of drug-likeness (QED) is 0.776. The SMILES string of the molecule is COCC(=O)Cn1c(=O)n(C)c2ccccc21. The van der Waals surface area contributed by atoms with E-state index >= 15 is 0 Å². The summed E-state index contributed by atoms with van der Waals surface area (Å²) in [4.78, 5) is 23.5. The highest BCUT2D eigenvalue weighted by atomic mass is 16.5. The molecule has 0 fully saturated rings. The Morgan fingerprint density at radius 3 is 2.59 bits per heavy atom. The number of carbonyl (C=O) groups is 1. The Kier molecular flexibility index (Phi) is 3.10. The molecule has 90 valence electrons. The third-order valence-electron chi connectivity index (χ3n) is 2.69. The van der Waals surface area contributed by atoms with Gasteiger partial charge in [0.05, 0.1) is 17.6 Å². The smallest absolute Gasteiger partial charge is 0.329 e. The molecule has 2 rings (SSSR count). The predicted molar refractivity (Wildman–Crippen MR) is 64.1 cm³/mol. The van der Waals surface area contributed by atoms with Gasteiger partial charge >= 0.3 is 5.69 Å². The van der Waals surface area contributed by atoms with Crippen LogP contribution in [0.1, 0.15) is 0 Å². The van der Waals surface area contributed by atoms with Gasteiger partial charge in [0, 0.05) is 14.2 Å². The summed E-state index contributed by atoms with van der Waals surface area (Å²) in [6.45, 7) is 0.0731. The molecule has 17 heavy (non-hydrogen) atoms. The first-order valence-electron chi connectivity index (χ1n) is 5.30. The topological polar surface area (TPSA) is 53.2 Å². The number of benzene rings is 1. The minimum atomic E-state index is -0.185. The molecule has 0 atom stereocenters. The number of hydrogen-bond donors (Lipinski definition) is 0. The van der Waals surface area contributed by atoms with Crippen LogP contribution in [-0.4, -0.2) is 28.6 Å². The summed E-state index contributed by atoms with van der Waals surface area (Å²) in [5.41, 5.74) is 1.41. The molecule has 0 saturated heterocycles. The first-order valence-corrected chi connectivity index (χ1v) is 5.30. The first-order chi connectivity index (χ1) is 8.15. The van der Waals surface area contributed by atoms with E-state index in [1.54, 1.807) is 7.05 Å². The fourth-order valence-electron chi connectivity index (χ4n) is 1.90. The van der Waals surface area contributed by atoms with Crippen LogP contribution in [0, 0.1) is 0 Å². The zero-order chi connectivity index (χ0) is 12.4. The Labute approximate surface area is 98.2 Å². The number of nitrogens with zero attached hydrogens (tertiary/aromatic N) is 2. The third kappa shape index (κ3) is 2.01. The van der Waals surface area contributed by atoms with Crippen molar-refractivity contribution in [2.24, 2.45) is 7.05 Å². The average molecular weight is 234 g/mol. The standard InChI is InChI=1S/C12H14N2O3/c1-13-10-5-3-4-6-11(10)14(12(13)16)7-9(15)8-17-2/h3-6H,7-8H2,1-2H3. The highest BCUT2D eigenvalue weighted by Crippen LogP contribution is 2.11. The molecule has 1 heterocycles. The van der Waals surface area contributed by atoms with Crippen LogP contribution in [0.4, 0.5) is 0 Å². The van der Waals surface area contributed by atoms with Crippen LogP contribution in [0.15, 0.2) is 29.1 Å². The molecule has 5 heteroatoms. The van der Waals surface area contributed by atoms with Crippen molar-refractivity contribution in [3.63, 3.8) is 0 Å². The summed E-state index contributed by atoms with van der Waals surface area (Å²) in [6, 6.07) is 7.40. The summed E-state index contributed by atoms with van der Waals surface area (Å²) in [7, 11) is 3.16. The minimum absolute atomic E-state index is 0.0235. The summed E-state index contributed by atoms with van der Waals surface area (Å²) < 4.78 is 7.77. The highest BCUT2D eigenvalue weighted by molar-refractivity contribution is 5.82. The van der Waals surface area contributed by atoms with E-state index in [9.17, 15) is 9.59 Å². The van der Waals surface area contributed by atoms with E-state index in [4.69, 9.17) is 4.74 Å². The number of ketones is 1. The molecule has 0 unspecified atom stereocenters. The normalized spacial score (nSPS) is 10.9. The average Bonchev–Trinajstić information content (AvgIpc) is 2.56. The number of rotatable bonds is 4. The van der Waals surface area contributed by atoms with Gasteiger partial charge in [0.2, 0.25) is 0 Å². The number of para-hydroxylation sites is 2. The number of imidazole rings is 1. The van der Waals surface area contributed by atoms with Crippen LogP contribution in [0.3, 0.4) is 0 Å². The van der Waals surface area contributed by atoms with E-state index in [0.717, 1.165) is 11.0 Å². The number of aryl methyl sites for hydroxylation is 1. The van der Waals surface area contributed by atoms with Crippen LogP contribution < -0.4 is 5.69 Å². The lowest BCUT2D eigenvalue weighted by molar-refractivity contribution is -0.123. The van der Waals surface area contributed by atoms with Gasteiger partial charge in [0.15, 0.2) is 5.78 Å². The Morgan fingerprint density at radius 2 is 1.94 bits per heavy atom. The fourth-order valence-corrected chi connectivity index (χ4v) is 1.90. The van der Waals surface area contributed by atoms with Crippen LogP contribution in [-0.2, 0) is 23.1 Å². The van der Waals surface area contributed by atoms with Gasteiger partial charge in [-0.1, -0.05) is 12.1 Å². The van der Waals surface area contributed by atoms with Crippen LogP contribution in [0.5, 0.6) is 0 Å². The zero-order valence-electron chi connectivity index (χ0n) is 9.84. The van der Waals surface area contributed by atoms with Gasteiger partial charge < -0.3 is 4.74 Å². The second kappa shape index (κ2) is 4.55. The lowest BCUT2D eigenvalue weighted by atomic mass is 10.3. The van der Waals surface area contributed by atoms with Gasteiger partial charge in [0.1, 0.15) is 6.61 Å². The van der Waals surface area contributed by atoms with E-state index < -0.39 is 0 Å². The molecule has 1 aromatic heterocycles. The van der Waals surface area contributed by atoms with Crippen molar-refractivity contribution in [1.82, 2.24) is 9.13 Å². The fraction of sp³-hybridized carbons (Fsp3) is 0.333. The van der Waals surface area contributed by atoms with Gasteiger partial charge in [-0.15, -0.1) is 0 Å². The molecule has 0 saturated carbocycles. The monoisotopic (exact) mass is 234 g/mol. The predicted octanol–water partition coefficient (Wildman–Crippen LogP) is 0.556. The van der Waals surface area contributed by atoms with Crippen molar-refractivity contribution in [1.29, 1.82) is 0 Å². The van der Waals surface area contributed by atoms with Crippen LogP contribution in [0.25, 0.3) is 11.0 Å². The molecule has 0 aliphatic heterocycles. The molecule has 0 aliphatic rings. The van der Waals surface area contributed by atoms with Gasteiger partial charge in [-0.25, -0.2) is 4.79 Å². The summed E-state index contributed by atoms with van der Waals surface area (Å²) in [6.07, 6.45) is 0. The number of Topliss-reactive ketones (excluding diaryl/α,β-unsaturated/α-hetero) is 1. The molecule has 0 aliphatic carbocycles. The molecule has 2 aromatic rings. The van der Waals surface area contributed by atoms with E-state index in [2.05, 4.69) is 0 Å². The number of fused-ring (bicyclic) bond motifs is 1. The molecule has 0 bridgehead atoms. The number of aromatic nitrogens is 2. The maximum Gasteiger partial charge on any atom is 0.329 e. The van der Waals surface area contributed by atoms with Crippen LogP contribution >= 0.6 is 0 Å². The summed E-state index contributed by atoms with van der Waals surface area (Å²) in [5.74, 6) is -0.119. The van der Waals surface area contributed by atoms with Crippen molar-refractivity contribution in [2.45, 2.75) is 6.54 Å². The van der Waals surface area contributed by atoms with Crippen molar-refractivity contribution in [3.05, 3.63) is 34.7 Å². The molecule has 0 amide bonds. The number of carbonyl (C=O) groups excluding carboxylic acids is 1. The summed E-state index contributed by atoms with van der Waals surface area (Å²) >= 11 is 0. The molecule has 0 spiro atoms. The third-order valence-corrected chi connectivity index (χ3v) is 2.69. The molecular formula is C12H14N2O3. The van der Waals surface area contributed by atoms with Gasteiger partial charge in [-0.05, 0) is 12.1 Å². The van der Waals surface area contributed by atoms with Gasteiger partial charge in [0.25, 0.3) is 0 Å². The van der Waals surface area contributed by atoms with Gasteiger partial charge in [-0.2, -0.15) is 0 Å². The number of ether oxygens (including phenoxy) is 1. The maximum atomic E-state index is 12.0. The van der Waals surface area contributed by atoms with Gasteiger partial charge in [-0.3, -0.25) is 13.9 Å². The van der Waals surface area contributed by atoms with Crippen molar-refractivity contribution in [2.75, 3.05) is 13.7 Å². The van der Waals surface area contributed by atoms with Crippen molar-refractivity contribution < 1.29 is 9.53 Å². The van der Waals surface area contributed by atoms with Crippen LogP contribution in [0.2, 0.25) is 0 Å². The molecule has 1 aromatic carbocycles. The van der Waals surface area contributed by atoms with E-state index in [1.807, 2.05) is 24.3 Å². The Hall–Kier alpha value is -1.88. The maximum absolute atomic E-state index is 12.0. The Morgan fingerprint density at radius 1 is 1.29 bits per heavy atom. The lowest BCUT2D eigenvalue weighted by Gasteiger charge is -2.01. The first kappa shape index (κ1) is 11.6. The zero-order valence-corrected chi connectivity index (χ0v) is 9.84. The van der Waals surface area contributed by atoms with E-state index in [1.165, 1.54) is 16.2 Å². The summed E-state index contributed by atoms with van der Waals surface area (Å²) in [5, 5.41) is 0. The van der Waals surface area contributed by atoms with E-state index in [-0.39, 0.29) is 24.6 Å². The second-order valence-electron chi connectivity index (χ2n) is 3.89. The Bertz CT molecular complexity index is 610. The molecule has 0 N–H and O–H groups in total. The highest BCUT2D eigenvalue weighted by Gasteiger charge is 2.12. The number of hydrogen-bond acceptors (Lipinski definition) is 3. The lowest BCUT2D eigenvalue weighted by Crippen LogP contribution is -2.26. The molecule has 0 radical (unpaired) electrons. The minimum Gasteiger partial charge on any atom is -0.377 e. The second-order valence-corrected chi connectivity index (χ2v) is 3.89. The van der Waals surface area contributed by atoms with Crippen molar-refractivity contribution in [3.8, 4) is 0 Å². The molecule has 5 nitrogen and oxygen atoms in total.